The first-order valence-corrected chi connectivity index (χ1v) is 10.6. The molecule has 0 saturated carbocycles. The monoisotopic (exact) mass is 467 g/mol. The summed E-state index contributed by atoms with van der Waals surface area (Å²) in [5.74, 6) is 0.0576. The van der Waals surface area contributed by atoms with Crippen molar-refractivity contribution in [3.8, 4) is 22.8 Å². The van der Waals surface area contributed by atoms with Gasteiger partial charge in [-0.1, -0.05) is 49.1 Å². The van der Waals surface area contributed by atoms with E-state index in [1.165, 1.54) is 12.1 Å². The zero-order valence-electron chi connectivity index (χ0n) is 18.1. The second-order valence-electron chi connectivity index (χ2n) is 7.65. The highest BCUT2D eigenvalue weighted by Gasteiger charge is 2.30. The summed E-state index contributed by atoms with van der Waals surface area (Å²) in [6, 6.07) is 18.3. The van der Waals surface area contributed by atoms with Crippen LogP contribution in [0.1, 0.15) is 11.1 Å². The average molecular weight is 467 g/mol. The van der Waals surface area contributed by atoms with Crippen LogP contribution in [0.4, 0.5) is 17.6 Å². The lowest BCUT2D eigenvalue weighted by molar-refractivity contribution is -0.274. The normalized spacial score (nSPS) is 11.4. The first-order chi connectivity index (χ1) is 16.3. The molecule has 0 bridgehead atoms. The van der Waals surface area contributed by atoms with Crippen molar-refractivity contribution >= 4 is 10.8 Å². The summed E-state index contributed by atoms with van der Waals surface area (Å²) in [4.78, 5) is 4.41. The number of aromatic nitrogens is 1. The van der Waals surface area contributed by atoms with E-state index >= 15 is 4.39 Å². The van der Waals surface area contributed by atoms with Crippen molar-refractivity contribution in [2.45, 2.75) is 19.2 Å². The second-order valence-corrected chi connectivity index (χ2v) is 7.65. The van der Waals surface area contributed by atoms with Crippen molar-refractivity contribution in [1.29, 1.82) is 0 Å². The van der Waals surface area contributed by atoms with Gasteiger partial charge in [0, 0.05) is 10.9 Å². The number of fused-ring (bicyclic) bond motifs is 1. The van der Waals surface area contributed by atoms with Gasteiger partial charge in [0.25, 0.3) is 0 Å². The second kappa shape index (κ2) is 9.95. The van der Waals surface area contributed by atoms with Crippen molar-refractivity contribution in [2.24, 2.45) is 0 Å². The average Bonchev–Trinajstić information content (AvgIpc) is 2.82. The van der Waals surface area contributed by atoms with Crippen molar-refractivity contribution in [3.05, 3.63) is 103 Å². The topological polar surface area (TPSA) is 31.4 Å². The Morgan fingerprint density at radius 2 is 1.65 bits per heavy atom. The van der Waals surface area contributed by atoms with Crippen LogP contribution in [-0.4, -0.2) is 18.0 Å². The Labute approximate surface area is 194 Å². The lowest BCUT2D eigenvalue weighted by Crippen LogP contribution is -2.17. The number of pyridine rings is 1. The molecular weight excluding hydrogens is 446 g/mol. The lowest BCUT2D eigenvalue weighted by atomic mass is 9.98. The highest BCUT2D eigenvalue weighted by atomic mass is 19.4. The first-order valence-electron chi connectivity index (χ1n) is 10.6. The Kier molecular flexibility index (Phi) is 6.82. The quantitative estimate of drug-likeness (QED) is 0.201. The van der Waals surface area contributed by atoms with E-state index in [2.05, 4.69) is 16.3 Å². The molecule has 4 aromatic rings. The van der Waals surface area contributed by atoms with Crippen molar-refractivity contribution < 1.29 is 27.0 Å². The predicted octanol–water partition coefficient (Wildman–Crippen LogP) is 7.29. The van der Waals surface area contributed by atoms with Gasteiger partial charge in [0.05, 0.1) is 11.9 Å². The van der Waals surface area contributed by atoms with E-state index in [1.807, 2.05) is 30.3 Å². The summed E-state index contributed by atoms with van der Waals surface area (Å²) in [6.45, 7) is 4.01. The first kappa shape index (κ1) is 23.3. The van der Waals surface area contributed by atoms with Gasteiger partial charge in [-0.15, -0.1) is 13.2 Å². The minimum absolute atomic E-state index is 0.280. The Bertz CT molecular complexity index is 1280. The maximum atomic E-state index is 15.1. The Balaban J connectivity index is 1.47. The van der Waals surface area contributed by atoms with Gasteiger partial charge in [0.1, 0.15) is 23.9 Å². The van der Waals surface area contributed by atoms with Gasteiger partial charge in [0.2, 0.25) is 0 Å². The smallest absolute Gasteiger partial charge is 0.488 e. The maximum Gasteiger partial charge on any atom is 0.573 e. The molecule has 4 rings (SSSR count). The zero-order valence-corrected chi connectivity index (χ0v) is 18.1. The summed E-state index contributed by atoms with van der Waals surface area (Å²) in [7, 11) is 0. The number of nitrogens with zero attached hydrogens (tertiary/aromatic N) is 1. The van der Waals surface area contributed by atoms with E-state index in [9.17, 15) is 13.2 Å². The molecule has 0 aliphatic heterocycles. The molecule has 0 amide bonds. The van der Waals surface area contributed by atoms with E-state index in [0.29, 0.717) is 36.1 Å². The van der Waals surface area contributed by atoms with Gasteiger partial charge >= 0.3 is 6.36 Å². The van der Waals surface area contributed by atoms with Crippen LogP contribution in [-0.2, 0) is 12.8 Å². The predicted molar refractivity (Wildman–Crippen MR) is 123 cm³/mol. The Morgan fingerprint density at radius 1 is 0.882 bits per heavy atom. The number of halogens is 4. The highest BCUT2D eigenvalue weighted by molar-refractivity contribution is 5.88. The van der Waals surface area contributed by atoms with Crippen LogP contribution in [0.3, 0.4) is 0 Å². The molecule has 1 aromatic heterocycles. The van der Waals surface area contributed by atoms with E-state index in [1.54, 1.807) is 36.5 Å². The van der Waals surface area contributed by atoms with E-state index in [0.717, 1.165) is 22.2 Å². The van der Waals surface area contributed by atoms with E-state index < -0.39 is 6.36 Å². The summed E-state index contributed by atoms with van der Waals surface area (Å²) in [5, 5.41) is 1.25. The largest absolute Gasteiger partial charge is 0.573 e. The fourth-order valence-electron chi connectivity index (χ4n) is 3.62. The number of hydrogen-bond donors (Lipinski definition) is 0. The Hall–Kier alpha value is -3.87. The van der Waals surface area contributed by atoms with Crippen molar-refractivity contribution in [3.63, 3.8) is 0 Å². The molecule has 174 valence electrons. The van der Waals surface area contributed by atoms with Crippen molar-refractivity contribution in [2.75, 3.05) is 6.61 Å². The third-order valence-corrected chi connectivity index (χ3v) is 5.27. The van der Waals surface area contributed by atoms with Crippen LogP contribution >= 0.6 is 0 Å². The summed E-state index contributed by atoms with van der Waals surface area (Å²) in [6.07, 6.45) is -0.541. The minimum atomic E-state index is -4.73. The van der Waals surface area contributed by atoms with E-state index in [4.69, 9.17) is 4.74 Å². The summed E-state index contributed by atoms with van der Waals surface area (Å²) >= 11 is 0. The van der Waals surface area contributed by atoms with Gasteiger partial charge in [-0.05, 0) is 59.7 Å². The molecule has 3 aromatic carbocycles. The van der Waals surface area contributed by atoms with Gasteiger partial charge in [0.15, 0.2) is 0 Å². The van der Waals surface area contributed by atoms with Crippen LogP contribution in [0.25, 0.3) is 22.0 Å². The molecule has 0 spiro atoms. The summed E-state index contributed by atoms with van der Waals surface area (Å²) in [5.41, 5.74) is 2.93. The minimum Gasteiger partial charge on any atom is -0.488 e. The van der Waals surface area contributed by atoms with Gasteiger partial charge < -0.3 is 9.47 Å². The number of benzene rings is 3. The fourth-order valence-corrected chi connectivity index (χ4v) is 3.62. The number of aryl methyl sites for hydroxylation is 2. The molecule has 0 aliphatic rings. The van der Waals surface area contributed by atoms with Gasteiger partial charge in [-0.2, -0.15) is 0 Å². The van der Waals surface area contributed by atoms with Crippen LogP contribution < -0.4 is 9.47 Å². The molecule has 0 aliphatic carbocycles. The maximum absolute atomic E-state index is 15.1. The molecule has 0 atom stereocenters. The van der Waals surface area contributed by atoms with Gasteiger partial charge in [-0.25, -0.2) is 4.39 Å². The summed E-state index contributed by atoms with van der Waals surface area (Å²) < 4.78 is 61.3. The van der Waals surface area contributed by atoms with Crippen LogP contribution in [0, 0.1) is 5.82 Å². The van der Waals surface area contributed by atoms with Crippen LogP contribution in [0.2, 0.25) is 0 Å². The number of rotatable bonds is 8. The SMILES string of the molecule is C=CCOc1ccc(-c2ccc3c(F)c(CCc4ccc(OC(F)(F)F)cc4)ccc3c2)nc1. The molecule has 7 heteroatoms. The number of hydrogen-bond acceptors (Lipinski definition) is 3. The molecular formula is C27H21F4NO2. The van der Waals surface area contributed by atoms with Crippen molar-refractivity contribution in [1.82, 2.24) is 4.98 Å². The molecule has 1 heterocycles. The third-order valence-electron chi connectivity index (χ3n) is 5.27. The Morgan fingerprint density at radius 3 is 2.32 bits per heavy atom. The molecule has 3 nitrogen and oxygen atoms in total. The lowest BCUT2D eigenvalue weighted by Gasteiger charge is -2.10. The van der Waals surface area contributed by atoms with Crippen LogP contribution in [0.5, 0.6) is 11.5 Å². The molecule has 34 heavy (non-hydrogen) atoms. The van der Waals surface area contributed by atoms with Gasteiger partial charge in [-0.3, -0.25) is 4.98 Å². The number of ether oxygens (including phenoxy) is 2. The standard InChI is InChI=1S/C27H21F4NO2/c1-2-15-33-23-12-14-25(32-17-23)21-9-13-24-20(16-21)8-7-19(26(24)28)6-3-18-4-10-22(11-5-18)34-27(29,30)31/h2,4-5,7-14,16-17H,1,3,6,15H2. The number of alkyl halides is 3. The fraction of sp³-hybridized carbons (Fsp3) is 0.148. The highest BCUT2D eigenvalue weighted by Crippen LogP contribution is 2.28. The van der Waals surface area contributed by atoms with E-state index in [-0.39, 0.29) is 11.6 Å². The van der Waals surface area contributed by atoms with Crippen LogP contribution in [0.15, 0.2) is 85.6 Å². The molecule has 0 saturated heterocycles. The third kappa shape index (κ3) is 5.73. The molecule has 0 fully saturated rings. The molecule has 0 N–H and O–H groups in total. The molecule has 0 unspecified atom stereocenters. The zero-order chi connectivity index (χ0) is 24.1. The molecule has 0 radical (unpaired) electrons.